The largest absolute Gasteiger partial charge is 0.243 e. The van der Waals surface area contributed by atoms with Gasteiger partial charge in [-0.2, -0.15) is 4.31 Å². The van der Waals surface area contributed by atoms with E-state index >= 15 is 0 Å². The Morgan fingerprint density at radius 2 is 1.60 bits per heavy atom. The van der Waals surface area contributed by atoms with Gasteiger partial charge in [0, 0.05) is 12.1 Å². The molecule has 0 radical (unpaired) electrons. The molecule has 2 aliphatic carbocycles. The highest BCUT2D eigenvalue weighted by molar-refractivity contribution is 7.89. The van der Waals surface area contributed by atoms with Crippen LogP contribution in [0.25, 0.3) is 0 Å². The number of aryl methyl sites for hydroxylation is 2. The average Bonchev–Trinajstić information content (AvgIpc) is 3.06. The predicted molar refractivity (Wildman–Crippen MR) is 80.2 cm³/mol. The van der Waals surface area contributed by atoms with Crippen LogP contribution in [0.1, 0.15) is 49.7 Å². The van der Waals surface area contributed by atoms with Gasteiger partial charge < -0.3 is 0 Å². The van der Waals surface area contributed by atoms with Gasteiger partial charge in [0.25, 0.3) is 0 Å². The van der Waals surface area contributed by atoms with Gasteiger partial charge in [0.15, 0.2) is 0 Å². The molecule has 0 spiro atoms. The molecule has 0 aliphatic heterocycles. The van der Waals surface area contributed by atoms with Crippen LogP contribution in [0.3, 0.4) is 0 Å². The Kier molecular flexibility index (Phi) is 3.63. The molecule has 0 heterocycles. The molecule has 0 unspecified atom stereocenters. The van der Waals surface area contributed by atoms with Crippen molar-refractivity contribution >= 4 is 10.0 Å². The summed E-state index contributed by atoms with van der Waals surface area (Å²) >= 11 is 0. The number of rotatable bonds is 4. The van der Waals surface area contributed by atoms with Gasteiger partial charge >= 0.3 is 0 Å². The average molecular weight is 293 g/mol. The van der Waals surface area contributed by atoms with E-state index in [1.165, 1.54) is 0 Å². The Balaban J connectivity index is 2.01. The highest BCUT2D eigenvalue weighted by atomic mass is 32.2. The van der Waals surface area contributed by atoms with Gasteiger partial charge in [-0.05, 0) is 56.7 Å². The standard InChI is InChI=1S/C16H23NO2S/c1-12-7-8-13(2)16(11-12)20(18,19)17(15-9-10-15)14-5-3-4-6-14/h7-8,11,14-15H,3-6,9-10H2,1-2H3. The first-order valence-corrected chi connectivity index (χ1v) is 9.05. The molecule has 1 aromatic rings. The Hall–Kier alpha value is -0.870. The van der Waals surface area contributed by atoms with Gasteiger partial charge in [-0.1, -0.05) is 25.0 Å². The molecular formula is C16H23NO2S. The normalized spacial score (nSPS) is 20.8. The van der Waals surface area contributed by atoms with Crippen LogP contribution in [0.5, 0.6) is 0 Å². The quantitative estimate of drug-likeness (QED) is 0.853. The molecule has 0 N–H and O–H groups in total. The predicted octanol–water partition coefficient (Wildman–Crippen LogP) is 3.40. The van der Waals surface area contributed by atoms with Crippen LogP contribution in [0.15, 0.2) is 23.1 Å². The van der Waals surface area contributed by atoms with E-state index in [2.05, 4.69) is 0 Å². The maximum Gasteiger partial charge on any atom is 0.243 e. The molecule has 2 fully saturated rings. The minimum Gasteiger partial charge on any atom is -0.207 e. The van der Waals surface area contributed by atoms with Crippen molar-refractivity contribution in [2.24, 2.45) is 0 Å². The smallest absolute Gasteiger partial charge is 0.207 e. The first-order valence-electron chi connectivity index (χ1n) is 7.61. The topological polar surface area (TPSA) is 37.4 Å². The monoisotopic (exact) mass is 293 g/mol. The van der Waals surface area contributed by atoms with E-state index in [0.717, 1.165) is 49.7 Å². The van der Waals surface area contributed by atoms with E-state index in [-0.39, 0.29) is 12.1 Å². The van der Waals surface area contributed by atoms with Crippen molar-refractivity contribution in [1.29, 1.82) is 0 Å². The highest BCUT2D eigenvalue weighted by Crippen LogP contribution is 2.39. The molecule has 4 heteroatoms. The molecule has 0 atom stereocenters. The first-order chi connectivity index (χ1) is 9.50. The maximum absolute atomic E-state index is 13.1. The zero-order valence-electron chi connectivity index (χ0n) is 12.3. The van der Waals surface area contributed by atoms with E-state index in [1.807, 2.05) is 36.4 Å². The molecule has 2 aliphatic rings. The lowest BCUT2D eigenvalue weighted by Crippen LogP contribution is -2.40. The SMILES string of the molecule is Cc1ccc(C)c(S(=O)(=O)N(C2CCCC2)C2CC2)c1. The zero-order chi connectivity index (χ0) is 14.3. The van der Waals surface area contributed by atoms with Crippen LogP contribution in [-0.4, -0.2) is 24.8 Å². The van der Waals surface area contributed by atoms with E-state index < -0.39 is 10.0 Å². The summed E-state index contributed by atoms with van der Waals surface area (Å²) in [5.74, 6) is 0. The van der Waals surface area contributed by atoms with Crippen LogP contribution in [0.2, 0.25) is 0 Å². The minimum absolute atomic E-state index is 0.229. The lowest BCUT2D eigenvalue weighted by molar-refractivity contribution is 0.314. The van der Waals surface area contributed by atoms with Crippen LogP contribution >= 0.6 is 0 Å². The first kappa shape index (κ1) is 14.1. The van der Waals surface area contributed by atoms with Crippen molar-refractivity contribution in [2.45, 2.75) is 69.4 Å². The number of hydrogen-bond acceptors (Lipinski definition) is 2. The number of benzene rings is 1. The van der Waals surface area contributed by atoms with Crippen molar-refractivity contribution in [3.05, 3.63) is 29.3 Å². The lowest BCUT2D eigenvalue weighted by Gasteiger charge is -2.28. The van der Waals surface area contributed by atoms with Gasteiger partial charge in [0.05, 0.1) is 4.90 Å². The summed E-state index contributed by atoms with van der Waals surface area (Å²) in [6, 6.07) is 6.21. The Bertz CT molecular complexity index is 599. The molecule has 110 valence electrons. The molecule has 0 amide bonds. The molecule has 0 bridgehead atoms. The number of nitrogens with zero attached hydrogens (tertiary/aromatic N) is 1. The van der Waals surface area contributed by atoms with Crippen LogP contribution in [0, 0.1) is 13.8 Å². The van der Waals surface area contributed by atoms with Crippen LogP contribution in [0.4, 0.5) is 0 Å². The van der Waals surface area contributed by atoms with E-state index in [1.54, 1.807) is 0 Å². The van der Waals surface area contributed by atoms with Crippen molar-refractivity contribution in [2.75, 3.05) is 0 Å². The van der Waals surface area contributed by atoms with Crippen LogP contribution < -0.4 is 0 Å². The maximum atomic E-state index is 13.1. The Labute approximate surface area is 122 Å². The molecule has 0 saturated heterocycles. The van der Waals surface area contributed by atoms with E-state index in [9.17, 15) is 8.42 Å². The second kappa shape index (κ2) is 5.15. The third-order valence-corrected chi connectivity index (χ3v) is 6.64. The number of hydrogen-bond donors (Lipinski definition) is 0. The summed E-state index contributed by atoms with van der Waals surface area (Å²) in [5, 5.41) is 0. The molecule has 0 aromatic heterocycles. The summed E-state index contributed by atoms with van der Waals surface area (Å²) in [6.07, 6.45) is 6.44. The van der Waals surface area contributed by atoms with Gasteiger partial charge in [0.2, 0.25) is 10.0 Å². The molecular weight excluding hydrogens is 270 g/mol. The van der Waals surface area contributed by atoms with Gasteiger partial charge in [-0.25, -0.2) is 8.42 Å². The summed E-state index contributed by atoms with van der Waals surface area (Å²) < 4.78 is 28.0. The molecule has 20 heavy (non-hydrogen) atoms. The molecule has 3 rings (SSSR count). The van der Waals surface area contributed by atoms with E-state index in [0.29, 0.717) is 4.90 Å². The fourth-order valence-electron chi connectivity index (χ4n) is 3.28. The zero-order valence-corrected chi connectivity index (χ0v) is 13.1. The lowest BCUT2D eigenvalue weighted by atomic mass is 10.2. The minimum atomic E-state index is -3.34. The summed E-state index contributed by atoms with van der Waals surface area (Å²) in [4.78, 5) is 0.510. The second-order valence-corrected chi connectivity index (χ2v) is 8.08. The summed E-state index contributed by atoms with van der Waals surface area (Å²) in [5.41, 5.74) is 1.87. The van der Waals surface area contributed by atoms with Crippen molar-refractivity contribution < 1.29 is 8.42 Å². The van der Waals surface area contributed by atoms with Crippen molar-refractivity contribution in [3.63, 3.8) is 0 Å². The molecule has 1 aromatic carbocycles. The molecule has 2 saturated carbocycles. The molecule has 3 nitrogen and oxygen atoms in total. The summed E-state index contributed by atoms with van der Waals surface area (Å²) in [6.45, 7) is 3.85. The Morgan fingerprint density at radius 3 is 2.20 bits per heavy atom. The van der Waals surface area contributed by atoms with Crippen LogP contribution in [-0.2, 0) is 10.0 Å². The third-order valence-electron chi connectivity index (χ3n) is 4.49. The fourth-order valence-corrected chi connectivity index (χ4v) is 5.52. The highest BCUT2D eigenvalue weighted by Gasteiger charge is 2.43. The van der Waals surface area contributed by atoms with Crippen molar-refractivity contribution in [3.8, 4) is 0 Å². The summed E-state index contributed by atoms with van der Waals surface area (Å²) in [7, 11) is -3.34. The van der Waals surface area contributed by atoms with Gasteiger partial charge in [0.1, 0.15) is 0 Å². The van der Waals surface area contributed by atoms with Gasteiger partial charge in [-0.15, -0.1) is 0 Å². The third kappa shape index (κ3) is 2.51. The van der Waals surface area contributed by atoms with Crippen molar-refractivity contribution in [1.82, 2.24) is 4.31 Å². The second-order valence-electron chi connectivity index (χ2n) is 6.27. The number of sulfonamides is 1. The van der Waals surface area contributed by atoms with Gasteiger partial charge in [-0.3, -0.25) is 0 Å². The fraction of sp³-hybridized carbons (Fsp3) is 0.625. The Morgan fingerprint density at radius 1 is 1.00 bits per heavy atom. The van der Waals surface area contributed by atoms with E-state index in [4.69, 9.17) is 0 Å².